The van der Waals surface area contributed by atoms with Crippen molar-refractivity contribution in [1.82, 2.24) is 5.32 Å². The lowest BCUT2D eigenvalue weighted by Crippen LogP contribution is -2.14. The highest BCUT2D eigenvalue weighted by Gasteiger charge is 2.20. The summed E-state index contributed by atoms with van der Waals surface area (Å²) in [4.78, 5) is 0. The molecule has 1 aliphatic carbocycles. The summed E-state index contributed by atoms with van der Waals surface area (Å²) in [5.41, 5.74) is 0.835. The largest absolute Gasteiger partial charge is 0.460 e. The van der Waals surface area contributed by atoms with Crippen molar-refractivity contribution >= 4 is 35.6 Å². The number of rotatable bonds is 4. The number of benzene rings is 1. The van der Waals surface area contributed by atoms with Gasteiger partial charge < -0.3 is 9.73 Å². The highest BCUT2D eigenvalue weighted by atomic mass is 35.5. The fraction of sp³-hybridized carbons (Fsp3) is 0.286. The maximum atomic E-state index is 6.14. The molecule has 1 heterocycles. The van der Waals surface area contributed by atoms with E-state index in [9.17, 15) is 0 Å². The van der Waals surface area contributed by atoms with Gasteiger partial charge in [-0.05, 0) is 43.2 Å². The van der Waals surface area contributed by atoms with Crippen LogP contribution in [-0.4, -0.2) is 6.04 Å². The molecule has 0 radical (unpaired) electrons. The summed E-state index contributed by atoms with van der Waals surface area (Å²) >= 11 is 12.1. The van der Waals surface area contributed by atoms with Crippen molar-refractivity contribution in [1.29, 1.82) is 0 Å². The first-order chi connectivity index (χ1) is 8.72. The van der Waals surface area contributed by atoms with Crippen LogP contribution in [0, 0.1) is 0 Å². The van der Waals surface area contributed by atoms with Crippen molar-refractivity contribution in [2.24, 2.45) is 0 Å². The Balaban J connectivity index is 0.00000133. The summed E-state index contributed by atoms with van der Waals surface area (Å²) in [6, 6.07) is 9.95. The molecule has 0 unspecified atom stereocenters. The first-order valence-corrected chi connectivity index (χ1v) is 6.75. The van der Waals surface area contributed by atoms with Gasteiger partial charge in [-0.1, -0.05) is 23.2 Å². The average Bonchev–Trinajstić information content (AvgIpc) is 3.08. The molecule has 102 valence electrons. The van der Waals surface area contributed by atoms with Crippen LogP contribution in [0.25, 0.3) is 11.3 Å². The van der Waals surface area contributed by atoms with Crippen LogP contribution in [0.4, 0.5) is 0 Å². The average molecular weight is 319 g/mol. The Morgan fingerprint density at radius 2 is 1.95 bits per heavy atom. The van der Waals surface area contributed by atoms with E-state index < -0.39 is 0 Å². The third-order valence-corrected chi connectivity index (χ3v) is 3.56. The molecule has 1 aliphatic rings. The van der Waals surface area contributed by atoms with Crippen LogP contribution in [0.5, 0.6) is 0 Å². The highest BCUT2D eigenvalue weighted by Crippen LogP contribution is 2.32. The number of hydrogen-bond acceptors (Lipinski definition) is 2. The summed E-state index contributed by atoms with van der Waals surface area (Å²) in [7, 11) is 0. The van der Waals surface area contributed by atoms with Crippen LogP contribution in [0.1, 0.15) is 18.6 Å². The van der Waals surface area contributed by atoms with E-state index in [1.807, 2.05) is 18.2 Å². The molecule has 0 saturated heterocycles. The van der Waals surface area contributed by atoms with E-state index in [1.165, 1.54) is 12.8 Å². The Morgan fingerprint density at radius 1 is 1.16 bits per heavy atom. The Kier molecular flexibility index (Phi) is 4.80. The molecule has 0 amide bonds. The Hall–Kier alpha value is -0.670. The zero-order valence-corrected chi connectivity index (χ0v) is 12.5. The molecule has 19 heavy (non-hydrogen) atoms. The van der Waals surface area contributed by atoms with Crippen molar-refractivity contribution in [2.45, 2.75) is 25.4 Å². The molecule has 2 nitrogen and oxygen atoms in total. The van der Waals surface area contributed by atoms with Gasteiger partial charge in [0.1, 0.15) is 11.5 Å². The van der Waals surface area contributed by atoms with Crippen LogP contribution in [0.15, 0.2) is 34.7 Å². The normalized spacial score (nSPS) is 14.2. The monoisotopic (exact) mass is 317 g/mol. The second-order valence-corrected chi connectivity index (χ2v) is 5.39. The standard InChI is InChI=1S/C14H13Cl2NO.ClH/c15-9-1-5-13(16)12(7-9)14-6-4-11(18-14)8-17-10-2-3-10;/h1,4-7,10,17H,2-3,8H2;1H. The minimum absolute atomic E-state index is 0. The van der Waals surface area contributed by atoms with Gasteiger partial charge in [0.25, 0.3) is 0 Å². The molecule has 5 heteroatoms. The highest BCUT2D eigenvalue weighted by molar-refractivity contribution is 6.35. The molecule has 1 aromatic carbocycles. The second kappa shape index (κ2) is 6.19. The minimum atomic E-state index is 0. The van der Waals surface area contributed by atoms with Gasteiger partial charge in [0, 0.05) is 16.6 Å². The van der Waals surface area contributed by atoms with Crippen LogP contribution >= 0.6 is 35.6 Å². The van der Waals surface area contributed by atoms with Crippen LogP contribution in [0.2, 0.25) is 10.0 Å². The SMILES string of the molecule is Cl.Clc1ccc(Cl)c(-c2ccc(CNC3CC3)o2)c1. The van der Waals surface area contributed by atoms with Crippen molar-refractivity contribution in [3.63, 3.8) is 0 Å². The van der Waals surface area contributed by atoms with Gasteiger partial charge in [0.05, 0.1) is 11.6 Å². The summed E-state index contributed by atoms with van der Waals surface area (Å²) in [6.45, 7) is 0.767. The quantitative estimate of drug-likeness (QED) is 0.865. The van der Waals surface area contributed by atoms with Crippen LogP contribution < -0.4 is 5.32 Å². The maximum Gasteiger partial charge on any atom is 0.135 e. The lowest BCUT2D eigenvalue weighted by Gasteiger charge is -2.02. The first-order valence-electron chi connectivity index (χ1n) is 6.00. The van der Waals surface area contributed by atoms with Crippen molar-refractivity contribution < 1.29 is 4.42 Å². The maximum absolute atomic E-state index is 6.14. The second-order valence-electron chi connectivity index (χ2n) is 4.55. The zero-order valence-electron chi connectivity index (χ0n) is 10.2. The number of nitrogens with one attached hydrogen (secondary N) is 1. The van der Waals surface area contributed by atoms with E-state index in [4.69, 9.17) is 27.6 Å². The van der Waals surface area contributed by atoms with E-state index in [0.29, 0.717) is 16.1 Å². The number of hydrogen-bond donors (Lipinski definition) is 1. The van der Waals surface area contributed by atoms with Crippen LogP contribution in [0.3, 0.4) is 0 Å². The third kappa shape index (κ3) is 3.67. The lowest BCUT2D eigenvalue weighted by atomic mass is 10.2. The van der Waals surface area contributed by atoms with E-state index in [-0.39, 0.29) is 12.4 Å². The Morgan fingerprint density at radius 3 is 2.68 bits per heavy atom. The van der Waals surface area contributed by atoms with Gasteiger partial charge in [-0.3, -0.25) is 0 Å². The van der Waals surface area contributed by atoms with Crippen molar-refractivity contribution in [3.05, 3.63) is 46.1 Å². The van der Waals surface area contributed by atoms with Gasteiger partial charge >= 0.3 is 0 Å². The fourth-order valence-corrected chi connectivity index (χ4v) is 2.22. The summed E-state index contributed by atoms with van der Waals surface area (Å²) in [5.74, 6) is 1.68. The van der Waals surface area contributed by atoms with Gasteiger partial charge in [-0.2, -0.15) is 0 Å². The van der Waals surface area contributed by atoms with Crippen molar-refractivity contribution in [2.75, 3.05) is 0 Å². The zero-order chi connectivity index (χ0) is 12.5. The molecular formula is C14H14Cl3NO. The van der Waals surface area contributed by atoms with Crippen LogP contribution in [-0.2, 0) is 6.54 Å². The lowest BCUT2D eigenvalue weighted by molar-refractivity contribution is 0.492. The summed E-state index contributed by atoms with van der Waals surface area (Å²) in [5, 5.41) is 4.72. The summed E-state index contributed by atoms with van der Waals surface area (Å²) < 4.78 is 5.78. The van der Waals surface area contributed by atoms with Gasteiger partial charge in [0.15, 0.2) is 0 Å². The Bertz CT molecular complexity index is 564. The molecular weight excluding hydrogens is 305 g/mol. The minimum Gasteiger partial charge on any atom is -0.460 e. The molecule has 1 aromatic heterocycles. The van der Waals surface area contributed by atoms with E-state index in [1.54, 1.807) is 12.1 Å². The molecule has 0 bridgehead atoms. The molecule has 0 aliphatic heterocycles. The molecule has 1 saturated carbocycles. The molecule has 2 aromatic rings. The third-order valence-electron chi connectivity index (χ3n) is 3.00. The van der Waals surface area contributed by atoms with E-state index in [2.05, 4.69) is 5.32 Å². The smallest absolute Gasteiger partial charge is 0.135 e. The van der Waals surface area contributed by atoms with Gasteiger partial charge in [-0.25, -0.2) is 0 Å². The molecule has 0 spiro atoms. The topological polar surface area (TPSA) is 25.2 Å². The fourth-order valence-electron chi connectivity index (χ4n) is 1.84. The molecule has 1 fully saturated rings. The Labute approximate surface area is 128 Å². The van der Waals surface area contributed by atoms with E-state index >= 15 is 0 Å². The van der Waals surface area contributed by atoms with Crippen molar-refractivity contribution in [3.8, 4) is 11.3 Å². The van der Waals surface area contributed by atoms with Gasteiger partial charge in [-0.15, -0.1) is 12.4 Å². The molecule has 1 N–H and O–H groups in total. The molecule has 3 rings (SSSR count). The summed E-state index contributed by atoms with van der Waals surface area (Å²) in [6.07, 6.45) is 2.54. The first kappa shape index (κ1) is 14.7. The molecule has 0 atom stereocenters. The predicted octanol–water partition coefficient (Wildman–Crippen LogP) is 4.93. The predicted molar refractivity (Wildman–Crippen MR) is 81.3 cm³/mol. The number of furan rings is 1. The van der Waals surface area contributed by atoms with Gasteiger partial charge in [0.2, 0.25) is 0 Å². The van der Waals surface area contributed by atoms with E-state index in [0.717, 1.165) is 23.6 Å². The number of halogens is 3.